The largest absolute Gasteiger partial charge is 0.508 e. The Kier molecular flexibility index (Phi) is 7.13. The standard InChI is InChI=1S/C17H19NO3.C2H6/c1-11-8-13(10-16(20)18-3)9-12(2)17(11)21-15-6-4-14(19)5-7-15;1-2/h4-9,19H,10H2,1-3H3,(H,18,20);1-2H3. The second-order valence-corrected chi connectivity index (χ2v) is 5.00. The summed E-state index contributed by atoms with van der Waals surface area (Å²) in [5.74, 6) is 1.64. The van der Waals surface area contributed by atoms with Crippen LogP contribution in [0.15, 0.2) is 36.4 Å². The molecule has 4 nitrogen and oxygen atoms in total. The Labute approximate surface area is 138 Å². The monoisotopic (exact) mass is 315 g/mol. The molecule has 0 unspecified atom stereocenters. The molecule has 0 spiro atoms. The lowest BCUT2D eigenvalue weighted by molar-refractivity contribution is -0.119. The molecular formula is C19H25NO3. The van der Waals surface area contributed by atoms with E-state index < -0.39 is 0 Å². The van der Waals surface area contributed by atoms with Gasteiger partial charge in [0.2, 0.25) is 5.91 Å². The average molecular weight is 315 g/mol. The highest BCUT2D eigenvalue weighted by Crippen LogP contribution is 2.30. The van der Waals surface area contributed by atoms with E-state index in [0.29, 0.717) is 12.2 Å². The molecule has 2 aromatic carbocycles. The van der Waals surface area contributed by atoms with Crippen molar-refractivity contribution in [3.8, 4) is 17.2 Å². The number of carbonyl (C=O) groups excluding carboxylic acids is 1. The number of aryl methyl sites for hydroxylation is 2. The maximum atomic E-state index is 11.4. The van der Waals surface area contributed by atoms with Gasteiger partial charge >= 0.3 is 0 Å². The van der Waals surface area contributed by atoms with Crippen molar-refractivity contribution in [2.24, 2.45) is 0 Å². The Morgan fingerprint density at radius 1 is 1.09 bits per heavy atom. The number of benzene rings is 2. The highest BCUT2D eigenvalue weighted by Gasteiger charge is 2.10. The van der Waals surface area contributed by atoms with Crippen LogP contribution in [0.4, 0.5) is 0 Å². The predicted octanol–water partition coefficient (Wildman–Crippen LogP) is 4.12. The van der Waals surface area contributed by atoms with Crippen LogP contribution < -0.4 is 10.1 Å². The average Bonchev–Trinajstić information content (AvgIpc) is 2.54. The molecule has 2 aromatic rings. The second kappa shape index (κ2) is 8.83. The Balaban J connectivity index is 0.00000127. The van der Waals surface area contributed by atoms with Gasteiger partial charge < -0.3 is 15.2 Å². The first-order valence-corrected chi connectivity index (χ1v) is 7.77. The molecule has 0 heterocycles. The topological polar surface area (TPSA) is 58.6 Å². The van der Waals surface area contributed by atoms with Crippen molar-refractivity contribution in [3.05, 3.63) is 53.1 Å². The lowest BCUT2D eigenvalue weighted by atomic mass is 10.0. The highest BCUT2D eigenvalue weighted by atomic mass is 16.5. The van der Waals surface area contributed by atoms with Gasteiger partial charge in [-0.2, -0.15) is 0 Å². The zero-order valence-electron chi connectivity index (χ0n) is 14.4. The Bertz CT molecular complexity index is 625. The van der Waals surface area contributed by atoms with Crippen molar-refractivity contribution in [2.45, 2.75) is 34.1 Å². The molecule has 0 aliphatic rings. The van der Waals surface area contributed by atoms with E-state index in [4.69, 9.17) is 4.74 Å². The molecule has 4 heteroatoms. The van der Waals surface area contributed by atoms with Crippen LogP contribution in [0.3, 0.4) is 0 Å². The SMILES string of the molecule is CC.CNC(=O)Cc1cc(C)c(Oc2ccc(O)cc2)c(C)c1. The summed E-state index contributed by atoms with van der Waals surface area (Å²) in [6.07, 6.45) is 0.359. The van der Waals surface area contributed by atoms with Crippen molar-refractivity contribution in [3.63, 3.8) is 0 Å². The van der Waals surface area contributed by atoms with Gasteiger partial charge in [0.05, 0.1) is 6.42 Å². The van der Waals surface area contributed by atoms with Crippen molar-refractivity contribution in [1.29, 1.82) is 0 Å². The van der Waals surface area contributed by atoms with E-state index >= 15 is 0 Å². The third-order valence-electron chi connectivity index (χ3n) is 3.22. The third-order valence-corrected chi connectivity index (χ3v) is 3.22. The van der Waals surface area contributed by atoms with Gasteiger partial charge in [-0.25, -0.2) is 0 Å². The smallest absolute Gasteiger partial charge is 0.224 e. The molecule has 1 amide bonds. The Hall–Kier alpha value is -2.49. The number of likely N-dealkylation sites (N-methyl/N-ethyl adjacent to an activating group) is 1. The van der Waals surface area contributed by atoms with E-state index in [0.717, 1.165) is 22.4 Å². The number of rotatable bonds is 4. The van der Waals surface area contributed by atoms with Crippen LogP contribution in [0.25, 0.3) is 0 Å². The summed E-state index contributed by atoms with van der Waals surface area (Å²) in [6, 6.07) is 10.5. The molecule has 23 heavy (non-hydrogen) atoms. The number of carbonyl (C=O) groups is 1. The molecule has 0 aliphatic carbocycles. The number of phenols is 1. The quantitative estimate of drug-likeness (QED) is 0.892. The van der Waals surface area contributed by atoms with Gasteiger partial charge in [0.1, 0.15) is 17.2 Å². The minimum absolute atomic E-state index is 0.0130. The molecule has 0 fully saturated rings. The molecule has 0 saturated heterocycles. The number of phenolic OH excluding ortho intramolecular Hbond substituents is 1. The van der Waals surface area contributed by atoms with Gasteiger partial charge in [0.15, 0.2) is 0 Å². The van der Waals surface area contributed by atoms with Crippen LogP contribution in [0.1, 0.15) is 30.5 Å². The van der Waals surface area contributed by atoms with Gasteiger partial charge in [-0.05, 0) is 54.8 Å². The second-order valence-electron chi connectivity index (χ2n) is 5.00. The first-order valence-electron chi connectivity index (χ1n) is 7.77. The van der Waals surface area contributed by atoms with E-state index in [-0.39, 0.29) is 11.7 Å². The maximum Gasteiger partial charge on any atom is 0.224 e. The summed E-state index contributed by atoms with van der Waals surface area (Å²) >= 11 is 0. The Morgan fingerprint density at radius 3 is 2.09 bits per heavy atom. The molecule has 2 rings (SSSR count). The van der Waals surface area contributed by atoms with Crippen LogP contribution in [0.2, 0.25) is 0 Å². The fourth-order valence-electron chi connectivity index (χ4n) is 2.21. The van der Waals surface area contributed by atoms with Crippen molar-refractivity contribution < 1.29 is 14.6 Å². The third kappa shape index (κ3) is 5.33. The van der Waals surface area contributed by atoms with Gasteiger partial charge in [-0.1, -0.05) is 26.0 Å². The zero-order valence-corrected chi connectivity index (χ0v) is 14.4. The van der Waals surface area contributed by atoms with Gasteiger partial charge in [0, 0.05) is 7.05 Å². The van der Waals surface area contributed by atoms with Gasteiger partial charge in [-0.3, -0.25) is 4.79 Å². The van der Waals surface area contributed by atoms with Gasteiger partial charge in [-0.15, -0.1) is 0 Å². The van der Waals surface area contributed by atoms with E-state index in [1.54, 1.807) is 31.3 Å². The molecule has 2 N–H and O–H groups in total. The van der Waals surface area contributed by atoms with Crippen LogP contribution in [0, 0.1) is 13.8 Å². The molecule has 0 bridgehead atoms. The summed E-state index contributed by atoms with van der Waals surface area (Å²) in [5.41, 5.74) is 2.91. The molecule has 0 saturated carbocycles. The van der Waals surface area contributed by atoms with E-state index in [1.165, 1.54) is 0 Å². The van der Waals surface area contributed by atoms with E-state index in [9.17, 15) is 9.90 Å². The number of amides is 1. The molecule has 124 valence electrons. The lowest BCUT2D eigenvalue weighted by Crippen LogP contribution is -2.20. The lowest BCUT2D eigenvalue weighted by Gasteiger charge is -2.14. The van der Waals surface area contributed by atoms with Crippen LogP contribution in [0.5, 0.6) is 17.2 Å². The van der Waals surface area contributed by atoms with Gasteiger partial charge in [0.25, 0.3) is 0 Å². The summed E-state index contributed by atoms with van der Waals surface area (Å²) in [5, 5.41) is 11.9. The number of hydrogen-bond acceptors (Lipinski definition) is 3. The molecule has 0 aliphatic heterocycles. The molecule has 0 aromatic heterocycles. The van der Waals surface area contributed by atoms with Crippen LogP contribution in [-0.2, 0) is 11.2 Å². The number of hydrogen-bond donors (Lipinski definition) is 2. The maximum absolute atomic E-state index is 11.4. The molecule has 0 radical (unpaired) electrons. The molecule has 0 atom stereocenters. The zero-order chi connectivity index (χ0) is 17.4. The minimum Gasteiger partial charge on any atom is -0.508 e. The number of nitrogens with one attached hydrogen (secondary N) is 1. The Morgan fingerprint density at radius 2 is 1.61 bits per heavy atom. The van der Waals surface area contributed by atoms with Crippen molar-refractivity contribution in [2.75, 3.05) is 7.05 Å². The normalized spacial score (nSPS) is 9.61. The van der Waals surface area contributed by atoms with Crippen LogP contribution in [-0.4, -0.2) is 18.1 Å². The first-order chi connectivity index (χ1) is 11.0. The van der Waals surface area contributed by atoms with Crippen molar-refractivity contribution >= 4 is 5.91 Å². The number of aromatic hydroxyl groups is 1. The summed E-state index contributed by atoms with van der Waals surface area (Å²) in [4.78, 5) is 11.4. The predicted molar refractivity (Wildman–Crippen MR) is 93.2 cm³/mol. The minimum atomic E-state index is -0.0130. The summed E-state index contributed by atoms with van der Waals surface area (Å²) in [6.45, 7) is 7.91. The fourth-order valence-corrected chi connectivity index (χ4v) is 2.21. The summed E-state index contributed by atoms with van der Waals surface area (Å²) < 4.78 is 5.87. The molecular weight excluding hydrogens is 290 g/mol. The first kappa shape index (κ1) is 18.6. The fraction of sp³-hybridized carbons (Fsp3) is 0.316. The van der Waals surface area contributed by atoms with E-state index in [1.807, 2.05) is 39.8 Å². The van der Waals surface area contributed by atoms with Crippen LogP contribution >= 0.6 is 0 Å². The van der Waals surface area contributed by atoms with E-state index in [2.05, 4.69) is 5.32 Å². The summed E-state index contributed by atoms with van der Waals surface area (Å²) in [7, 11) is 1.63. The highest BCUT2D eigenvalue weighted by molar-refractivity contribution is 5.78. The van der Waals surface area contributed by atoms with Crippen molar-refractivity contribution in [1.82, 2.24) is 5.32 Å². The number of ether oxygens (including phenoxy) is 1.